The second-order valence-electron chi connectivity index (χ2n) is 7.37. The topological polar surface area (TPSA) is 141 Å². The Morgan fingerprint density at radius 1 is 1.15 bits per heavy atom. The molecule has 0 radical (unpaired) electrons. The minimum atomic E-state index is -0.507. The van der Waals surface area contributed by atoms with E-state index in [1.165, 1.54) is 43.2 Å². The molecule has 0 fully saturated rings. The number of amides is 1. The summed E-state index contributed by atoms with van der Waals surface area (Å²) in [5, 5.41) is 18.1. The zero-order chi connectivity index (χ0) is 24.8. The van der Waals surface area contributed by atoms with Crippen LogP contribution >= 0.6 is 0 Å². The van der Waals surface area contributed by atoms with E-state index in [-0.39, 0.29) is 16.8 Å². The summed E-state index contributed by atoms with van der Waals surface area (Å²) in [6, 6.07) is 10.4. The van der Waals surface area contributed by atoms with Gasteiger partial charge in [-0.05, 0) is 37.6 Å². The van der Waals surface area contributed by atoms with Crippen molar-refractivity contribution in [3.8, 4) is 17.2 Å². The molecule has 1 amide bonds. The molecule has 0 atom stereocenters. The molecule has 0 aliphatic heterocycles. The van der Waals surface area contributed by atoms with E-state index in [1.54, 1.807) is 25.1 Å². The predicted octanol–water partition coefficient (Wildman–Crippen LogP) is 3.20. The summed E-state index contributed by atoms with van der Waals surface area (Å²) in [7, 11) is 2.96. The van der Waals surface area contributed by atoms with Crippen molar-refractivity contribution in [2.75, 3.05) is 14.2 Å². The molecule has 34 heavy (non-hydrogen) atoms. The second-order valence-corrected chi connectivity index (χ2v) is 7.37. The third-order valence-corrected chi connectivity index (χ3v) is 5.08. The number of carbonyl (C=O) groups excluding carboxylic acids is 1. The number of aryl methyl sites for hydroxylation is 1. The number of hydrazone groups is 1. The van der Waals surface area contributed by atoms with Gasteiger partial charge in [0.1, 0.15) is 11.5 Å². The summed E-state index contributed by atoms with van der Waals surface area (Å²) in [6.45, 7) is 3.59. The molecule has 0 spiro atoms. The number of hydrogen-bond acceptors (Lipinski definition) is 7. The largest absolute Gasteiger partial charge is 0.497 e. The summed E-state index contributed by atoms with van der Waals surface area (Å²) in [4.78, 5) is 36.2. The smallest absolute Gasteiger partial charge is 0.280 e. The molecule has 0 bridgehead atoms. The standard InChI is InChI=1S/C23H25N5O6/c1-5-6-20-21(23(30)27(26-20)16-7-9-17(10-8-16)28(31)32)14(2)24-25-22(29)15-11-18(33-3)13-19(12-15)34-4/h7-13,26H,5-6H2,1-4H3,(H,25,29)/b24-14+. The molecule has 3 rings (SSSR count). The van der Waals surface area contributed by atoms with Gasteiger partial charge in [0.15, 0.2) is 0 Å². The van der Waals surface area contributed by atoms with Crippen molar-refractivity contribution in [1.82, 2.24) is 15.2 Å². The number of ether oxygens (including phenoxy) is 2. The van der Waals surface area contributed by atoms with Crippen LogP contribution < -0.4 is 20.5 Å². The molecule has 2 N–H and O–H groups in total. The van der Waals surface area contributed by atoms with Crippen molar-refractivity contribution in [3.63, 3.8) is 0 Å². The van der Waals surface area contributed by atoms with Crippen molar-refractivity contribution in [2.45, 2.75) is 26.7 Å². The Morgan fingerprint density at radius 3 is 2.29 bits per heavy atom. The van der Waals surface area contributed by atoms with Crippen molar-refractivity contribution in [3.05, 3.63) is 79.8 Å². The van der Waals surface area contributed by atoms with E-state index in [1.807, 2.05) is 6.92 Å². The maximum atomic E-state index is 13.2. The summed E-state index contributed by atoms with van der Waals surface area (Å²) < 4.78 is 11.7. The first kappa shape index (κ1) is 24.2. The lowest BCUT2D eigenvalue weighted by molar-refractivity contribution is -0.384. The van der Waals surface area contributed by atoms with Crippen LogP contribution in [0.15, 0.2) is 52.4 Å². The number of hydrogen-bond donors (Lipinski definition) is 2. The van der Waals surface area contributed by atoms with Gasteiger partial charge in [0, 0.05) is 29.5 Å². The Kier molecular flexibility index (Phi) is 7.46. The number of rotatable bonds is 9. The summed E-state index contributed by atoms with van der Waals surface area (Å²) in [5.74, 6) is 0.402. The number of nitrogens with zero attached hydrogens (tertiary/aromatic N) is 3. The van der Waals surface area contributed by atoms with Gasteiger partial charge in [-0.3, -0.25) is 24.8 Å². The Bertz CT molecular complexity index is 1270. The summed E-state index contributed by atoms with van der Waals surface area (Å²) in [6.07, 6.45) is 1.33. The highest BCUT2D eigenvalue weighted by molar-refractivity contribution is 6.01. The number of aromatic nitrogens is 2. The zero-order valence-electron chi connectivity index (χ0n) is 19.2. The monoisotopic (exact) mass is 467 g/mol. The number of aromatic amines is 1. The Hall–Kier alpha value is -4.41. The van der Waals surface area contributed by atoms with Crippen molar-refractivity contribution in [2.24, 2.45) is 5.10 Å². The van der Waals surface area contributed by atoms with Crippen molar-refractivity contribution in [1.29, 1.82) is 0 Å². The van der Waals surface area contributed by atoms with Crippen LogP contribution in [-0.4, -0.2) is 40.5 Å². The molecule has 3 aromatic rings. The maximum Gasteiger partial charge on any atom is 0.280 e. The molecular weight excluding hydrogens is 442 g/mol. The van der Waals surface area contributed by atoms with Gasteiger partial charge in [-0.1, -0.05) is 13.3 Å². The third kappa shape index (κ3) is 5.14. The number of non-ortho nitro benzene ring substituents is 1. The van der Waals surface area contributed by atoms with Crippen LogP contribution in [0.3, 0.4) is 0 Å². The quantitative estimate of drug-likeness (QED) is 0.281. The first-order valence-electron chi connectivity index (χ1n) is 10.5. The predicted molar refractivity (Wildman–Crippen MR) is 126 cm³/mol. The van der Waals surface area contributed by atoms with Crippen LogP contribution in [0, 0.1) is 10.1 Å². The van der Waals surface area contributed by atoms with E-state index >= 15 is 0 Å². The number of nitro groups is 1. The van der Waals surface area contributed by atoms with Gasteiger partial charge >= 0.3 is 0 Å². The van der Waals surface area contributed by atoms with Gasteiger partial charge in [0.05, 0.1) is 36.1 Å². The minimum Gasteiger partial charge on any atom is -0.497 e. The maximum absolute atomic E-state index is 13.2. The van der Waals surface area contributed by atoms with Crippen LogP contribution in [0.2, 0.25) is 0 Å². The fraction of sp³-hybridized carbons (Fsp3) is 0.261. The molecule has 178 valence electrons. The molecule has 0 saturated carbocycles. The number of carbonyl (C=O) groups is 1. The molecule has 0 unspecified atom stereocenters. The van der Waals surface area contributed by atoms with Crippen LogP contribution in [0.1, 0.15) is 41.9 Å². The van der Waals surface area contributed by atoms with E-state index in [0.717, 1.165) is 6.42 Å². The fourth-order valence-electron chi connectivity index (χ4n) is 3.39. The lowest BCUT2D eigenvalue weighted by Gasteiger charge is -2.08. The average Bonchev–Trinajstić information content (AvgIpc) is 3.17. The highest BCUT2D eigenvalue weighted by Gasteiger charge is 2.19. The van der Waals surface area contributed by atoms with Gasteiger partial charge in [-0.25, -0.2) is 10.1 Å². The van der Waals surface area contributed by atoms with E-state index in [9.17, 15) is 19.7 Å². The van der Waals surface area contributed by atoms with Crippen molar-refractivity contribution < 1.29 is 19.2 Å². The molecule has 2 aromatic carbocycles. The molecule has 11 nitrogen and oxygen atoms in total. The number of nitro benzene ring substituents is 1. The first-order chi connectivity index (χ1) is 16.3. The Balaban J connectivity index is 1.93. The van der Waals surface area contributed by atoms with Gasteiger partial charge in [-0.2, -0.15) is 5.10 Å². The molecule has 0 aliphatic carbocycles. The third-order valence-electron chi connectivity index (χ3n) is 5.08. The highest BCUT2D eigenvalue weighted by Crippen LogP contribution is 2.22. The normalized spacial score (nSPS) is 11.2. The minimum absolute atomic E-state index is 0.0769. The fourth-order valence-corrected chi connectivity index (χ4v) is 3.39. The molecule has 0 saturated heterocycles. The SMILES string of the molecule is CCCc1[nH]n(-c2ccc([N+](=O)[O-])cc2)c(=O)c1/C(C)=N/NC(=O)c1cc(OC)cc(OC)c1. The zero-order valence-corrected chi connectivity index (χ0v) is 19.2. The van der Waals surface area contributed by atoms with Crippen LogP contribution in [0.5, 0.6) is 11.5 Å². The van der Waals surface area contributed by atoms with Crippen LogP contribution in [-0.2, 0) is 6.42 Å². The molecule has 1 aromatic heterocycles. The Labute approximate surface area is 195 Å². The van der Waals surface area contributed by atoms with Gasteiger partial charge in [-0.15, -0.1) is 0 Å². The molecule has 11 heteroatoms. The lowest BCUT2D eigenvalue weighted by Crippen LogP contribution is -2.23. The first-order valence-corrected chi connectivity index (χ1v) is 10.5. The van der Waals surface area contributed by atoms with E-state index < -0.39 is 10.8 Å². The number of benzene rings is 2. The van der Waals surface area contributed by atoms with E-state index in [4.69, 9.17) is 9.47 Å². The molecule has 1 heterocycles. The van der Waals surface area contributed by atoms with Gasteiger partial charge < -0.3 is 9.47 Å². The number of nitrogens with one attached hydrogen (secondary N) is 2. The Morgan fingerprint density at radius 2 is 1.76 bits per heavy atom. The summed E-state index contributed by atoms with van der Waals surface area (Å²) in [5.41, 5.74) is 4.01. The average molecular weight is 467 g/mol. The second kappa shape index (κ2) is 10.5. The van der Waals surface area contributed by atoms with Crippen LogP contribution in [0.4, 0.5) is 5.69 Å². The molecule has 0 aliphatic rings. The van der Waals surface area contributed by atoms with Crippen LogP contribution in [0.25, 0.3) is 5.69 Å². The summed E-state index contributed by atoms with van der Waals surface area (Å²) >= 11 is 0. The number of H-pyrrole nitrogens is 1. The van der Waals surface area contributed by atoms with E-state index in [0.29, 0.717) is 40.6 Å². The lowest BCUT2D eigenvalue weighted by atomic mass is 10.1. The van der Waals surface area contributed by atoms with Gasteiger partial charge in [0.2, 0.25) is 0 Å². The van der Waals surface area contributed by atoms with Gasteiger partial charge in [0.25, 0.3) is 17.2 Å². The highest BCUT2D eigenvalue weighted by atomic mass is 16.6. The van der Waals surface area contributed by atoms with E-state index in [2.05, 4.69) is 15.6 Å². The van der Waals surface area contributed by atoms with Crippen molar-refractivity contribution >= 4 is 17.3 Å². The molecular formula is C23H25N5O6. The number of methoxy groups -OCH3 is 2.